The molecule has 0 heterocycles. The maximum absolute atomic E-state index is 6.19. The van der Waals surface area contributed by atoms with Crippen LogP contribution in [0.3, 0.4) is 0 Å². The van der Waals surface area contributed by atoms with E-state index in [0.29, 0.717) is 11.5 Å². The highest BCUT2D eigenvalue weighted by Gasteiger charge is 2.50. The fraction of sp³-hybridized carbons (Fsp3) is 1.00. The predicted molar refractivity (Wildman–Crippen MR) is 63.5 cm³/mol. The predicted octanol–water partition coefficient (Wildman–Crippen LogP) is 3.33. The largest absolute Gasteiger partial charge is 0.328 e. The van der Waals surface area contributed by atoms with Crippen molar-refractivity contribution in [3.8, 4) is 0 Å². The summed E-state index contributed by atoms with van der Waals surface area (Å²) in [6.45, 7) is 2.24. The summed E-state index contributed by atoms with van der Waals surface area (Å²) in [4.78, 5) is 0. The molecule has 1 heteroatoms. The van der Waals surface area contributed by atoms with E-state index in [1.54, 1.807) is 19.3 Å². The summed E-state index contributed by atoms with van der Waals surface area (Å²) in [6.07, 6.45) is 11.7. The number of hydrogen-bond donors (Lipinski definition) is 1. The SMILES string of the molecule is CC[C@@H](N)CC12CC3CC(CC(C3)C1)C2. The van der Waals surface area contributed by atoms with Crippen molar-refractivity contribution in [2.45, 2.75) is 64.3 Å². The average Bonchev–Trinajstić information content (AvgIpc) is 2.14. The molecular weight excluding hydrogens is 182 g/mol. The van der Waals surface area contributed by atoms with Crippen LogP contribution >= 0.6 is 0 Å². The Morgan fingerprint density at radius 2 is 1.53 bits per heavy atom. The molecule has 4 aliphatic rings. The van der Waals surface area contributed by atoms with E-state index in [1.165, 1.54) is 32.1 Å². The lowest BCUT2D eigenvalue weighted by atomic mass is 9.48. The molecule has 4 aliphatic carbocycles. The third kappa shape index (κ3) is 1.73. The summed E-state index contributed by atoms with van der Waals surface area (Å²) >= 11 is 0. The lowest BCUT2D eigenvalue weighted by Crippen LogP contribution is -2.48. The molecule has 0 spiro atoms. The van der Waals surface area contributed by atoms with Crippen LogP contribution in [0.1, 0.15) is 58.3 Å². The third-order valence-corrected chi connectivity index (χ3v) is 5.38. The zero-order valence-corrected chi connectivity index (χ0v) is 10.0. The topological polar surface area (TPSA) is 26.0 Å². The first-order chi connectivity index (χ1) is 7.19. The first-order valence-corrected chi connectivity index (χ1v) is 6.95. The zero-order valence-electron chi connectivity index (χ0n) is 10.0. The van der Waals surface area contributed by atoms with Crippen molar-refractivity contribution in [1.82, 2.24) is 0 Å². The standard InChI is InChI=1S/C14H25N/c1-2-13(15)9-14-6-10-3-11(7-14)5-12(4-10)8-14/h10-13H,2-9,15H2,1H3/t10?,11?,12?,13-,14?/m1/s1. The molecule has 86 valence electrons. The normalized spacial score (nSPS) is 49.6. The minimum Gasteiger partial charge on any atom is -0.328 e. The van der Waals surface area contributed by atoms with Crippen LogP contribution in [0.5, 0.6) is 0 Å². The van der Waals surface area contributed by atoms with Crippen molar-refractivity contribution in [2.24, 2.45) is 28.9 Å². The Morgan fingerprint density at radius 1 is 1.07 bits per heavy atom. The Bertz CT molecular complexity index is 210. The van der Waals surface area contributed by atoms with Crippen LogP contribution in [-0.4, -0.2) is 6.04 Å². The Hall–Kier alpha value is -0.0400. The number of nitrogens with two attached hydrogens (primary N) is 1. The zero-order chi connectivity index (χ0) is 10.5. The van der Waals surface area contributed by atoms with Gasteiger partial charge in [0.1, 0.15) is 0 Å². The van der Waals surface area contributed by atoms with Crippen LogP contribution in [0.4, 0.5) is 0 Å². The molecule has 1 atom stereocenters. The van der Waals surface area contributed by atoms with E-state index in [-0.39, 0.29) is 0 Å². The van der Waals surface area contributed by atoms with Crippen LogP contribution < -0.4 is 5.73 Å². The van der Waals surface area contributed by atoms with Gasteiger partial charge in [0, 0.05) is 6.04 Å². The van der Waals surface area contributed by atoms with E-state index in [2.05, 4.69) is 6.92 Å². The van der Waals surface area contributed by atoms with Gasteiger partial charge in [-0.3, -0.25) is 0 Å². The first-order valence-electron chi connectivity index (χ1n) is 6.95. The fourth-order valence-corrected chi connectivity index (χ4v) is 5.24. The quantitative estimate of drug-likeness (QED) is 0.754. The lowest BCUT2D eigenvalue weighted by Gasteiger charge is -2.57. The van der Waals surface area contributed by atoms with Crippen LogP contribution in [0.25, 0.3) is 0 Å². The van der Waals surface area contributed by atoms with Crippen molar-refractivity contribution in [3.05, 3.63) is 0 Å². The summed E-state index contributed by atoms with van der Waals surface area (Å²) in [7, 11) is 0. The molecule has 4 bridgehead atoms. The minimum atomic E-state index is 0.473. The molecule has 0 amide bonds. The minimum absolute atomic E-state index is 0.473. The van der Waals surface area contributed by atoms with Gasteiger partial charge >= 0.3 is 0 Å². The second-order valence-corrected chi connectivity index (χ2v) is 6.79. The van der Waals surface area contributed by atoms with Crippen LogP contribution in [0.2, 0.25) is 0 Å². The Labute approximate surface area is 93.8 Å². The second kappa shape index (κ2) is 3.48. The highest BCUT2D eigenvalue weighted by atomic mass is 14.7. The highest BCUT2D eigenvalue weighted by molar-refractivity contribution is 5.02. The van der Waals surface area contributed by atoms with Gasteiger partial charge in [0.05, 0.1) is 0 Å². The fourth-order valence-electron chi connectivity index (χ4n) is 5.24. The summed E-state index contributed by atoms with van der Waals surface area (Å²) < 4.78 is 0. The molecule has 4 fully saturated rings. The maximum atomic E-state index is 6.19. The average molecular weight is 207 g/mol. The summed E-state index contributed by atoms with van der Waals surface area (Å²) in [5.74, 6) is 3.25. The number of hydrogen-bond acceptors (Lipinski definition) is 1. The van der Waals surface area contributed by atoms with E-state index in [1.807, 2.05) is 0 Å². The van der Waals surface area contributed by atoms with E-state index < -0.39 is 0 Å². The van der Waals surface area contributed by atoms with Crippen LogP contribution in [-0.2, 0) is 0 Å². The summed E-state index contributed by atoms with van der Waals surface area (Å²) in [6, 6.07) is 0.473. The highest BCUT2D eigenvalue weighted by Crippen LogP contribution is 2.61. The van der Waals surface area contributed by atoms with Gasteiger partial charge in [-0.15, -0.1) is 0 Å². The third-order valence-electron chi connectivity index (χ3n) is 5.38. The van der Waals surface area contributed by atoms with E-state index >= 15 is 0 Å². The molecule has 0 aromatic carbocycles. The molecule has 0 saturated heterocycles. The van der Waals surface area contributed by atoms with Crippen molar-refractivity contribution in [3.63, 3.8) is 0 Å². The van der Waals surface area contributed by atoms with Crippen molar-refractivity contribution in [2.75, 3.05) is 0 Å². The molecule has 0 radical (unpaired) electrons. The lowest BCUT2D eigenvalue weighted by molar-refractivity contribution is -0.0604. The van der Waals surface area contributed by atoms with E-state index in [0.717, 1.165) is 17.8 Å². The Kier molecular flexibility index (Phi) is 2.35. The van der Waals surface area contributed by atoms with Gasteiger partial charge in [-0.25, -0.2) is 0 Å². The Morgan fingerprint density at radius 3 is 1.93 bits per heavy atom. The van der Waals surface area contributed by atoms with Gasteiger partial charge in [-0.05, 0) is 74.5 Å². The monoisotopic (exact) mass is 207 g/mol. The molecule has 0 unspecified atom stereocenters. The van der Waals surface area contributed by atoms with Crippen LogP contribution in [0, 0.1) is 23.2 Å². The van der Waals surface area contributed by atoms with Crippen molar-refractivity contribution in [1.29, 1.82) is 0 Å². The van der Waals surface area contributed by atoms with Gasteiger partial charge < -0.3 is 5.73 Å². The molecule has 2 N–H and O–H groups in total. The van der Waals surface area contributed by atoms with Crippen LogP contribution in [0.15, 0.2) is 0 Å². The molecule has 0 aromatic rings. The number of rotatable bonds is 3. The molecule has 4 rings (SSSR count). The van der Waals surface area contributed by atoms with Crippen molar-refractivity contribution >= 4 is 0 Å². The molecule has 15 heavy (non-hydrogen) atoms. The van der Waals surface area contributed by atoms with Gasteiger partial charge in [0.2, 0.25) is 0 Å². The molecular formula is C14H25N. The van der Waals surface area contributed by atoms with Gasteiger partial charge in [0.15, 0.2) is 0 Å². The second-order valence-electron chi connectivity index (χ2n) is 6.79. The molecule has 0 aliphatic heterocycles. The summed E-state index contributed by atoms with van der Waals surface area (Å²) in [5.41, 5.74) is 6.89. The van der Waals surface area contributed by atoms with Gasteiger partial charge in [-0.2, -0.15) is 0 Å². The van der Waals surface area contributed by atoms with Gasteiger partial charge in [0.25, 0.3) is 0 Å². The maximum Gasteiger partial charge on any atom is 0.00414 e. The molecule has 1 nitrogen and oxygen atoms in total. The van der Waals surface area contributed by atoms with Crippen molar-refractivity contribution < 1.29 is 0 Å². The Balaban J connectivity index is 1.75. The first kappa shape index (κ1) is 10.1. The molecule has 4 saturated carbocycles. The van der Waals surface area contributed by atoms with Gasteiger partial charge in [-0.1, -0.05) is 6.92 Å². The smallest absolute Gasteiger partial charge is 0.00414 e. The summed E-state index contributed by atoms with van der Waals surface area (Å²) in [5, 5.41) is 0. The van der Waals surface area contributed by atoms with E-state index in [9.17, 15) is 0 Å². The van der Waals surface area contributed by atoms with E-state index in [4.69, 9.17) is 5.73 Å². The molecule has 0 aromatic heterocycles.